The van der Waals surface area contributed by atoms with Crippen molar-refractivity contribution in [1.82, 2.24) is 0 Å². The molecular formula is C9H11BrO. The van der Waals surface area contributed by atoms with Gasteiger partial charge < -0.3 is 0 Å². The molecule has 0 unspecified atom stereocenters. The molecule has 0 amide bonds. The predicted molar refractivity (Wildman–Crippen MR) is 51.6 cm³/mol. The van der Waals surface area contributed by atoms with Crippen LogP contribution in [0.3, 0.4) is 0 Å². The Hall–Kier alpha value is -0.630. The summed E-state index contributed by atoms with van der Waals surface area (Å²) >= 11 is 3.33. The van der Waals surface area contributed by atoms with Gasteiger partial charge in [-0.2, -0.15) is 0 Å². The molecule has 0 saturated carbocycles. The summed E-state index contributed by atoms with van der Waals surface area (Å²) in [5.74, 6) is 0. The Morgan fingerprint density at radius 1 is 1.55 bits per heavy atom. The van der Waals surface area contributed by atoms with Crippen molar-refractivity contribution in [3.8, 4) is 0 Å². The Morgan fingerprint density at radius 3 is 2.55 bits per heavy atom. The maximum absolute atomic E-state index is 10.3. The second-order valence-corrected chi connectivity index (χ2v) is 2.97. The van der Waals surface area contributed by atoms with Crippen molar-refractivity contribution in [1.29, 1.82) is 0 Å². The van der Waals surface area contributed by atoms with Crippen LogP contribution >= 0.6 is 15.9 Å². The SMILES string of the molecule is C=C/C(C=O)=C\C=C(\Br)CC. The lowest BCUT2D eigenvalue weighted by Crippen LogP contribution is -1.75. The molecule has 0 aromatic carbocycles. The van der Waals surface area contributed by atoms with Gasteiger partial charge in [0.05, 0.1) is 0 Å². The summed E-state index contributed by atoms with van der Waals surface area (Å²) in [5.41, 5.74) is 0.593. The highest BCUT2D eigenvalue weighted by molar-refractivity contribution is 9.11. The second kappa shape index (κ2) is 6.10. The van der Waals surface area contributed by atoms with Gasteiger partial charge in [0.2, 0.25) is 0 Å². The second-order valence-electron chi connectivity index (χ2n) is 1.96. The highest BCUT2D eigenvalue weighted by Crippen LogP contribution is 2.09. The van der Waals surface area contributed by atoms with Crippen LogP contribution in [0.25, 0.3) is 0 Å². The van der Waals surface area contributed by atoms with Crippen LogP contribution in [0, 0.1) is 0 Å². The van der Waals surface area contributed by atoms with Gasteiger partial charge in [-0.3, -0.25) is 4.79 Å². The Kier molecular flexibility index (Phi) is 5.75. The molecule has 0 atom stereocenters. The summed E-state index contributed by atoms with van der Waals surface area (Å²) < 4.78 is 1.07. The Morgan fingerprint density at radius 2 is 2.18 bits per heavy atom. The summed E-state index contributed by atoms with van der Waals surface area (Å²) in [5, 5.41) is 0. The summed E-state index contributed by atoms with van der Waals surface area (Å²) in [6.07, 6.45) is 6.82. The minimum absolute atomic E-state index is 0.593. The van der Waals surface area contributed by atoms with E-state index in [1.165, 1.54) is 6.08 Å². The van der Waals surface area contributed by atoms with Crippen LogP contribution < -0.4 is 0 Å². The maximum atomic E-state index is 10.3. The Labute approximate surface area is 75.6 Å². The third-order valence-electron chi connectivity index (χ3n) is 1.17. The quantitative estimate of drug-likeness (QED) is 0.400. The van der Waals surface area contributed by atoms with Gasteiger partial charge in [-0.05, 0) is 10.9 Å². The van der Waals surface area contributed by atoms with Crippen molar-refractivity contribution >= 4 is 22.2 Å². The molecule has 0 aromatic rings. The lowest BCUT2D eigenvalue weighted by atomic mass is 10.2. The van der Waals surface area contributed by atoms with Gasteiger partial charge in [-0.1, -0.05) is 47.7 Å². The summed E-state index contributed by atoms with van der Waals surface area (Å²) in [6, 6.07) is 0. The van der Waals surface area contributed by atoms with Crippen molar-refractivity contribution in [2.45, 2.75) is 13.3 Å². The number of aldehydes is 1. The molecule has 0 N–H and O–H groups in total. The van der Waals surface area contributed by atoms with E-state index in [0.717, 1.165) is 17.2 Å². The zero-order valence-corrected chi connectivity index (χ0v) is 8.10. The van der Waals surface area contributed by atoms with Crippen molar-refractivity contribution < 1.29 is 4.79 Å². The van der Waals surface area contributed by atoms with Gasteiger partial charge in [0.25, 0.3) is 0 Å². The molecule has 2 heteroatoms. The van der Waals surface area contributed by atoms with Crippen LogP contribution in [0.2, 0.25) is 0 Å². The van der Waals surface area contributed by atoms with Gasteiger partial charge in [-0.25, -0.2) is 0 Å². The number of hydrogen-bond acceptors (Lipinski definition) is 1. The average molecular weight is 215 g/mol. The molecule has 0 bridgehead atoms. The first kappa shape index (κ1) is 10.4. The molecule has 0 aliphatic heterocycles. The highest BCUT2D eigenvalue weighted by Gasteiger charge is 1.85. The lowest BCUT2D eigenvalue weighted by molar-refractivity contribution is -0.104. The smallest absolute Gasteiger partial charge is 0.150 e. The number of rotatable bonds is 4. The van der Waals surface area contributed by atoms with Crippen LogP contribution in [0.4, 0.5) is 0 Å². The first-order valence-corrected chi connectivity index (χ1v) is 4.17. The monoisotopic (exact) mass is 214 g/mol. The standard InChI is InChI=1S/C9H11BrO/c1-3-8(7-11)5-6-9(10)4-2/h3,5-7H,1,4H2,2H3/b8-5+,9-6+. The van der Waals surface area contributed by atoms with E-state index in [-0.39, 0.29) is 0 Å². The van der Waals surface area contributed by atoms with E-state index >= 15 is 0 Å². The van der Waals surface area contributed by atoms with Crippen LogP contribution in [0.5, 0.6) is 0 Å². The molecule has 0 aliphatic rings. The van der Waals surface area contributed by atoms with E-state index in [2.05, 4.69) is 22.5 Å². The maximum Gasteiger partial charge on any atom is 0.150 e. The minimum Gasteiger partial charge on any atom is -0.298 e. The zero-order chi connectivity index (χ0) is 8.69. The molecule has 60 valence electrons. The summed E-state index contributed by atoms with van der Waals surface area (Å²) in [4.78, 5) is 10.3. The molecule has 0 aromatic heterocycles. The number of carbonyl (C=O) groups is 1. The fourth-order valence-corrected chi connectivity index (χ4v) is 0.592. The van der Waals surface area contributed by atoms with Crippen LogP contribution in [-0.2, 0) is 4.79 Å². The Bertz CT molecular complexity index is 192. The van der Waals surface area contributed by atoms with E-state index in [4.69, 9.17) is 0 Å². The van der Waals surface area contributed by atoms with E-state index in [9.17, 15) is 4.79 Å². The van der Waals surface area contributed by atoms with E-state index in [1.807, 2.05) is 13.0 Å². The van der Waals surface area contributed by atoms with E-state index in [1.54, 1.807) is 6.08 Å². The normalized spacial score (nSPS) is 12.9. The average Bonchev–Trinajstić information content (AvgIpc) is 2.06. The summed E-state index contributed by atoms with van der Waals surface area (Å²) in [7, 11) is 0. The van der Waals surface area contributed by atoms with Gasteiger partial charge >= 0.3 is 0 Å². The van der Waals surface area contributed by atoms with Gasteiger partial charge in [0.1, 0.15) is 6.29 Å². The number of hydrogen-bond donors (Lipinski definition) is 0. The third-order valence-corrected chi connectivity index (χ3v) is 1.99. The molecule has 11 heavy (non-hydrogen) atoms. The van der Waals surface area contributed by atoms with E-state index in [0.29, 0.717) is 5.57 Å². The topological polar surface area (TPSA) is 17.1 Å². The molecule has 0 heterocycles. The minimum atomic E-state index is 0.593. The molecule has 0 radical (unpaired) electrons. The molecule has 0 fully saturated rings. The molecule has 1 nitrogen and oxygen atoms in total. The number of allylic oxidation sites excluding steroid dienone is 5. The van der Waals surface area contributed by atoms with Crippen molar-refractivity contribution in [3.63, 3.8) is 0 Å². The van der Waals surface area contributed by atoms with Crippen molar-refractivity contribution in [2.24, 2.45) is 0 Å². The fourth-order valence-electron chi connectivity index (χ4n) is 0.460. The van der Waals surface area contributed by atoms with Gasteiger partial charge in [0, 0.05) is 5.57 Å². The van der Waals surface area contributed by atoms with Crippen molar-refractivity contribution in [3.05, 3.63) is 34.9 Å². The first-order chi connectivity index (χ1) is 5.24. The largest absolute Gasteiger partial charge is 0.298 e. The molecular weight excluding hydrogens is 204 g/mol. The van der Waals surface area contributed by atoms with Gasteiger partial charge in [-0.15, -0.1) is 0 Å². The first-order valence-electron chi connectivity index (χ1n) is 3.38. The molecule has 0 aliphatic carbocycles. The fraction of sp³-hybridized carbons (Fsp3) is 0.222. The third kappa shape index (κ3) is 4.73. The van der Waals surface area contributed by atoms with Crippen LogP contribution in [-0.4, -0.2) is 6.29 Å². The van der Waals surface area contributed by atoms with Gasteiger partial charge in [0.15, 0.2) is 0 Å². The Balaban J connectivity index is 4.29. The van der Waals surface area contributed by atoms with Crippen molar-refractivity contribution in [2.75, 3.05) is 0 Å². The number of halogens is 1. The lowest BCUT2D eigenvalue weighted by Gasteiger charge is -1.88. The highest BCUT2D eigenvalue weighted by atomic mass is 79.9. The molecule has 0 rings (SSSR count). The van der Waals surface area contributed by atoms with E-state index < -0.39 is 0 Å². The predicted octanol–water partition coefficient (Wildman–Crippen LogP) is 2.99. The summed E-state index contributed by atoms with van der Waals surface area (Å²) in [6.45, 7) is 5.52. The number of carbonyl (C=O) groups excluding carboxylic acids is 1. The zero-order valence-electron chi connectivity index (χ0n) is 6.51. The van der Waals surface area contributed by atoms with Crippen LogP contribution in [0.15, 0.2) is 34.9 Å². The molecule has 0 spiro atoms. The van der Waals surface area contributed by atoms with Crippen LogP contribution in [0.1, 0.15) is 13.3 Å². The molecule has 0 saturated heterocycles.